The molecule has 0 aliphatic rings. The molecule has 0 unspecified atom stereocenters. The number of anilines is 2. The molecule has 7 heteroatoms. The van der Waals surface area contributed by atoms with Crippen molar-refractivity contribution in [3.8, 4) is 0 Å². The van der Waals surface area contributed by atoms with Gasteiger partial charge in [0.05, 0.1) is 11.4 Å². The highest BCUT2D eigenvalue weighted by Crippen LogP contribution is 2.16. The van der Waals surface area contributed by atoms with Gasteiger partial charge in [-0.1, -0.05) is 0 Å². The van der Waals surface area contributed by atoms with Crippen LogP contribution in [0.2, 0.25) is 0 Å². The molecule has 0 aliphatic heterocycles. The summed E-state index contributed by atoms with van der Waals surface area (Å²) in [6.45, 7) is 1.65. The number of aryl methyl sites for hydroxylation is 1. The maximum absolute atomic E-state index is 11.2. The number of hydrogen-bond donors (Lipinski definition) is 3. The Hall–Kier alpha value is -2.83. The summed E-state index contributed by atoms with van der Waals surface area (Å²) in [4.78, 5) is 18.3. The standard InChI is InChI=1S/C12H11N5O2/c1-7-11(12(18)19)17-10(14-7)3-2-9(16-17)15-8-4-5-13-6-8/h2-6,13H,1H3,(H,15,16)(H,18,19). The lowest BCUT2D eigenvalue weighted by atomic mass is 10.3. The van der Waals surface area contributed by atoms with Crippen LogP contribution in [0.1, 0.15) is 16.2 Å². The van der Waals surface area contributed by atoms with E-state index in [1.165, 1.54) is 4.52 Å². The van der Waals surface area contributed by atoms with Crippen molar-refractivity contribution < 1.29 is 9.90 Å². The van der Waals surface area contributed by atoms with Crippen molar-refractivity contribution in [2.75, 3.05) is 5.32 Å². The normalized spacial score (nSPS) is 10.8. The molecule has 0 aromatic carbocycles. The Morgan fingerprint density at radius 1 is 1.42 bits per heavy atom. The number of carboxylic acids is 1. The van der Waals surface area contributed by atoms with E-state index in [2.05, 4.69) is 20.4 Å². The summed E-state index contributed by atoms with van der Waals surface area (Å²) in [5, 5.41) is 16.5. The van der Waals surface area contributed by atoms with E-state index >= 15 is 0 Å². The molecule has 0 saturated carbocycles. The van der Waals surface area contributed by atoms with Gasteiger partial charge in [0.25, 0.3) is 0 Å². The third-order valence-corrected chi connectivity index (χ3v) is 2.72. The number of H-pyrrole nitrogens is 1. The third-order valence-electron chi connectivity index (χ3n) is 2.72. The van der Waals surface area contributed by atoms with Crippen molar-refractivity contribution >= 4 is 23.1 Å². The summed E-state index contributed by atoms with van der Waals surface area (Å²) in [5.74, 6) is -0.497. The summed E-state index contributed by atoms with van der Waals surface area (Å²) in [7, 11) is 0. The third kappa shape index (κ3) is 1.90. The first-order valence-electron chi connectivity index (χ1n) is 5.64. The molecular formula is C12H11N5O2. The first-order chi connectivity index (χ1) is 9.15. The number of aromatic carboxylic acids is 1. The lowest BCUT2D eigenvalue weighted by Gasteiger charge is -2.03. The molecule has 0 atom stereocenters. The Morgan fingerprint density at radius 3 is 2.95 bits per heavy atom. The quantitative estimate of drug-likeness (QED) is 0.665. The molecule has 0 fully saturated rings. The molecular weight excluding hydrogens is 246 g/mol. The van der Waals surface area contributed by atoms with Gasteiger partial charge in [0.15, 0.2) is 17.2 Å². The highest BCUT2D eigenvalue weighted by atomic mass is 16.4. The van der Waals surface area contributed by atoms with Crippen LogP contribution in [0.5, 0.6) is 0 Å². The van der Waals surface area contributed by atoms with E-state index in [-0.39, 0.29) is 5.69 Å². The highest BCUT2D eigenvalue weighted by molar-refractivity contribution is 5.88. The van der Waals surface area contributed by atoms with E-state index in [9.17, 15) is 9.90 Å². The molecule has 0 aliphatic carbocycles. The van der Waals surface area contributed by atoms with Gasteiger partial charge in [0.2, 0.25) is 0 Å². The summed E-state index contributed by atoms with van der Waals surface area (Å²) < 4.78 is 1.33. The van der Waals surface area contributed by atoms with E-state index < -0.39 is 5.97 Å². The number of nitrogens with zero attached hydrogens (tertiary/aromatic N) is 3. The van der Waals surface area contributed by atoms with Gasteiger partial charge in [-0.3, -0.25) is 0 Å². The van der Waals surface area contributed by atoms with Crippen LogP contribution in [0.3, 0.4) is 0 Å². The van der Waals surface area contributed by atoms with Crippen molar-refractivity contribution in [2.45, 2.75) is 6.92 Å². The van der Waals surface area contributed by atoms with Crippen LogP contribution in [-0.2, 0) is 0 Å². The SMILES string of the molecule is Cc1nc2ccc(Nc3cc[nH]c3)nn2c1C(=O)O. The predicted octanol–water partition coefficient (Wildman–Crippen LogP) is 1.81. The second-order valence-corrected chi connectivity index (χ2v) is 4.06. The van der Waals surface area contributed by atoms with Gasteiger partial charge in [-0.05, 0) is 25.1 Å². The van der Waals surface area contributed by atoms with Crippen molar-refractivity contribution in [3.05, 3.63) is 42.0 Å². The second-order valence-electron chi connectivity index (χ2n) is 4.06. The van der Waals surface area contributed by atoms with Crippen LogP contribution in [-0.4, -0.2) is 30.7 Å². The Labute approximate surface area is 107 Å². The molecule has 0 amide bonds. The Balaban J connectivity index is 2.09. The van der Waals surface area contributed by atoms with Crippen LogP contribution < -0.4 is 5.32 Å². The minimum Gasteiger partial charge on any atom is -0.476 e. The van der Waals surface area contributed by atoms with Crippen LogP contribution >= 0.6 is 0 Å². The van der Waals surface area contributed by atoms with E-state index in [1.54, 1.807) is 31.5 Å². The molecule has 19 heavy (non-hydrogen) atoms. The zero-order valence-corrected chi connectivity index (χ0v) is 10.1. The van der Waals surface area contributed by atoms with E-state index in [1.807, 2.05) is 6.07 Å². The molecule has 3 aromatic rings. The Bertz CT molecular complexity index is 745. The fourth-order valence-electron chi connectivity index (χ4n) is 1.91. The molecule has 0 saturated heterocycles. The maximum atomic E-state index is 11.2. The zero-order valence-electron chi connectivity index (χ0n) is 10.1. The average Bonchev–Trinajstić information content (AvgIpc) is 2.95. The lowest BCUT2D eigenvalue weighted by Crippen LogP contribution is -2.07. The number of nitrogens with one attached hydrogen (secondary N) is 2. The minimum absolute atomic E-state index is 0.0766. The molecule has 0 radical (unpaired) electrons. The maximum Gasteiger partial charge on any atom is 0.356 e. The summed E-state index contributed by atoms with van der Waals surface area (Å²) in [6, 6.07) is 5.32. The molecule has 0 spiro atoms. The van der Waals surface area contributed by atoms with Crippen LogP contribution in [0.4, 0.5) is 11.5 Å². The molecule has 3 aromatic heterocycles. The van der Waals surface area contributed by atoms with Crippen molar-refractivity contribution in [3.63, 3.8) is 0 Å². The van der Waals surface area contributed by atoms with E-state index in [4.69, 9.17) is 0 Å². The topological polar surface area (TPSA) is 95.3 Å². The summed E-state index contributed by atoms with van der Waals surface area (Å²) in [6.07, 6.45) is 3.56. The van der Waals surface area contributed by atoms with Gasteiger partial charge in [-0.15, -0.1) is 5.10 Å². The predicted molar refractivity (Wildman–Crippen MR) is 68.8 cm³/mol. The van der Waals surface area contributed by atoms with Gasteiger partial charge >= 0.3 is 5.97 Å². The van der Waals surface area contributed by atoms with Crippen molar-refractivity contribution in [1.29, 1.82) is 0 Å². The molecule has 96 valence electrons. The minimum atomic E-state index is -1.05. The number of hydrogen-bond acceptors (Lipinski definition) is 4. The molecule has 3 N–H and O–H groups in total. The average molecular weight is 257 g/mol. The Morgan fingerprint density at radius 2 is 2.26 bits per heavy atom. The van der Waals surface area contributed by atoms with Gasteiger partial charge in [0.1, 0.15) is 0 Å². The van der Waals surface area contributed by atoms with E-state index in [0.717, 1.165) is 5.69 Å². The lowest BCUT2D eigenvalue weighted by molar-refractivity contribution is 0.0687. The fraction of sp³-hybridized carbons (Fsp3) is 0.0833. The number of aromatic nitrogens is 4. The van der Waals surface area contributed by atoms with Gasteiger partial charge < -0.3 is 15.4 Å². The Kier molecular flexibility index (Phi) is 2.45. The molecule has 3 rings (SSSR count). The van der Waals surface area contributed by atoms with Crippen molar-refractivity contribution in [2.24, 2.45) is 0 Å². The van der Waals surface area contributed by atoms with Crippen LogP contribution in [0, 0.1) is 6.92 Å². The summed E-state index contributed by atoms with van der Waals surface area (Å²) >= 11 is 0. The molecule has 3 heterocycles. The number of fused-ring (bicyclic) bond motifs is 1. The number of imidazole rings is 1. The largest absolute Gasteiger partial charge is 0.476 e. The second kappa shape index (κ2) is 4.13. The first-order valence-corrected chi connectivity index (χ1v) is 5.64. The van der Waals surface area contributed by atoms with E-state index in [0.29, 0.717) is 17.2 Å². The van der Waals surface area contributed by atoms with Crippen LogP contribution in [0.25, 0.3) is 5.65 Å². The molecule has 7 nitrogen and oxygen atoms in total. The zero-order chi connectivity index (χ0) is 13.4. The smallest absolute Gasteiger partial charge is 0.356 e. The number of carbonyl (C=O) groups is 1. The monoisotopic (exact) mass is 257 g/mol. The number of carboxylic acid groups (broad SMARTS) is 1. The van der Waals surface area contributed by atoms with Crippen LogP contribution in [0.15, 0.2) is 30.6 Å². The van der Waals surface area contributed by atoms with Gasteiger partial charge in [0, 0.05) is 12.4 Å². The highest BCUT2D eigenvalue weighted by Gasteiger charge is 2.16. The number of aromatic amines is 1. The molecule has 0 bridgehead atoms. The fourth-order valence-corrected chi connectivity index (χ4v) is 1.91. The summed E-state index contributed by atoms with van der Waals surface area (Å²) in [5.41, 5.74) is 1.88. The van der Waals surface area contributed by atoms with Gasteiger partial charge in [-0.25, -0.2) is 14.3 Å². The van der Waals surface area contributed by atoms with Crippen molar-refractivity contribution in [1.82, 2.24) is 19.6 Å². The van der Waals surface area contributed by atoms with Gasteiger partial charge in [-0.2, -0.15) is 0 Å². The first kappa shape index (κ1) is 11.3. The number of rotatable bonds is 3.